The summed E-state index contributed by atoms with van der Waals surface area (Å²) in [4.78, 5) is 27.0. The molecule has 3 rings (SSSR count). The van der Waals surface area contributed by atoms with Crippen LogP contribution in [0.2, 0.25) is 0 Å². The van der Waals surface area contributed by atoms with E-state index in [1.807, 2.05) is 44.2 Å². The van der Waals surface area contributed by atoms with Crippen LogP contribution in [0.15, 0.2) is 42.7 Å². The number of ether oxygens (including phenoxy) is 1. The Kier molecular flexibility index (Phi) is 5.68. The first-order chi connectivity index (χ1) is 12.6. The molecule has 138 valence electrons. The van der Waals surface area contributed by atoms with Gasteiger partial charge >= 0.3 is 0 Å². The maximum absolute atomic E-state index is 12.8. The van der Waals surface area contributed by atoms with Gasteiger partial charge in [0, 0.05) is 18.8 Å². The third-order valence-electron chi connectivity index (χ3n) is 4.48. The second kappa shape index (κ2) is 8.14. The zero-order valence-electron chi connectivity index (χ0n) is 15.0. The van der Waals surface area contributed by atoms with Crippen LogP contribution in [0.25, 0.3) is 0 Å². The van der Waals surface area contributed by atoms with Crippen molar-refractivity contribution >= 4 is 11.8 Å². The van der Waals surface area contributed by atoms with E-state index in [0.29, 0.717) is 13.0 Å². The summed E-state index contributed by atoms with van der Waals surface area (Å²) in [5.74, 6) is -0.309. The molecule has 26 heavy (non-hydrogen) atoms. The summed E-state index contributed by atoms with van der Waals surface area (Å²) in [6.45, 7) is 4.30. The summed E-state index contributed by atoms with van der Waals surface area (Å²) in [5, 5.41) is 9.57. The number of morpholine rings is 1. The van der Waals surface area contributed by atoms with Gasteiger partial charge < -0.3 is 15.0 Å². The molecule has 0 aliphatic carbocycles. The molecule has 1 aromatic heterocycles. The Balaban J connectivity index is 1.76. The maximum Gasteiger partial charge on any atom is 0.251 e. The average molecular weight is 356 g/mol. The summed E-state index contributed by atoms with van der Waals surface area (Å²) in [7, 11) is 0. The normalized spacial score (nSPS) is 20.4. The van der Waals surface area contributed by atoms with Crippen LogP contribution in [0.1, 0.15) is 31.0 Å². The Bertz CT molecular complexity index is 731. The highest BCUT2D eigenvalue weighted by molar-refractivity contribution is 5.86. The Labute approximate surface area is 152 Å². The lowest BCUT2D eigenvalue weighted by atomic mass is 9.95. The highest BCUT2D eigenvalue weighted by Crippen LogP contribution is 2.32. The van der Waals surface area contributed by atoms with Crippen molar-refractivity contribution in [1.82, 2.24) is 20.4 Å². The summed E-state index contributed by atoms with van der Waals surface area (Å²) in [6.07, 6.45) is 3.48. The average Bonchev–Trinajstić information content (AvgIpc) is 3.15. The van der Waals surface area contributed by atoms with Crippen molar-refractivity contribution in [1.29, 1.82) is 0 Å². The number of carbonyl (C=O) groups is 2. The third kappa shape index (κ3) is 3.94. The van der Waals surface area contributed by atoms with Gasteiger partial charge in [0.25, 0.3) is 5.91 Å². The van der Waals surface area contributed by atoms with Gasteiger partial charge in [-0.1, -0.05) is 30.3 Å². The van der Waals surface area contributed by atoms with Gasteiger partial charge in [-0.05, 0) is 31.4 Å². The minimum absolute atomic E-state index is 0.0298. The van der Waals surface area contributed by atoms with Crippen LogP contribution >= 0.6 is 0 Å². The van der Waals surface area contributed by atoms with E-state index >= 15 is 0 Å². The van der Waals surface area contributed by atoms with E-state index in [4.69, 9.17) is 4.74 Å². The molecule has 2 atom stereocenters. The Morgan fingerprint density at radius 3 is 2.81 bits per heavy atom. The van der Waals surface area contributed by atoms with Gasteiger partial charge in [-0.3, -0.25) is 14.7 Å². The van der Waals surface area contributed by atoms with Crippen molar-refractivity contribution in [3.63, 3.8) is 0 Å². The van der Waals surface area contributed by atoms with Crippen LogP contribution in [-0.2, 0) is 20.7 Å². The Morgan fingerprint density at radius 2 is 2.15 bits per heavy atom. The first-order valence-corrected chi connectivity index (χ1v) is 8.81. The number of hydrogen-bond acceptors (Lipinski definition) is 4. The van der Waals surface area contributed by atoms with Crippen molar-refractivity contribution in [3.8, 4) is 0 Å². The van der Waals surface area contributed by atoms with Crippen LogP contribution < -0.4 is 5.32 Å². The number of benzene rings is 1. The van der Waals surface area contributed by atoms with Crippen LogP contribution in [-0.4, -0.2) is 52.2 Å². The van der Waals surface area contributed by atoms with E-state index in [9.17, 15) is 9.59 Å². The summed E-state index contributed by atoms with van der Waals surface area (Å²) in [6, 6.07) is 9.10. The van der Waals surface area contributed by atoms with Crippen LogP contribution in [0, 0.1) is 0 Å². The second-order valence-corrected chi connectivity index (χ2v) is 6.63. The number of aromatic nitrogens is 2. The van der Waals surface area contributed by atoms with E-state index in [2.05, 4.69) is 15.5 Å². The molecule has 1 aliphatic heterocycles. The fraction of sp³-hybridized carbons (Fsp3) is 0.421. The number of aromatic amines is 1. The van der Waals surface area contributed by atoms with Gasteiger partial charge in [0.15, 0.2) is 6.10 Å². The van der Waals surface area contributed by atoms with Gasteiger partial charge in [-0.15, -0.1) is 0 Å². The van der Waals surface area contributed by atoms with E-state index in [1.165, 1.54) is 0 Å². The smallest absolute Gasteiger partial charge is 0.251 e. The second-order valence-electron chi connectivity index (χ2n) is 6.63. The van der Waals surface area contributed by atoms with Gasteiger partial charge in [0.1, 0.15) is 6.61 Å². The lowest BCUT2D eigenvalue weighted by Crippen LogP contribution is -2.56. The molecular formula is C19H24N4O3. The van der Waals surface area contributed by atoms with Crippen molar-refractivity contribution in [2.75, 3.05) is 13.2 Å². The topological polar surface area (TPSA) is 87.3 Å². The molecule has 0 bridgehead atoms. The fourth-order valence-corrected chi connectivity index (χ4v) is 3.29. The SMILES string of the molecule is CC(C)N1C(=O)COC(C(=O)NCCc2cn[nH]c2)C1c1ccccc1. The Hall–Kier alpha value is -2.67. The number of hydrogen-bond donors (Lipinski definition) is 2. The first kappa shape index (κ1) is 18.1. The monoisotopic (exact) mass is 356 g/mol. The molecule has 2 unspecified atom stereocenters. The molecule has 2 aromatic rings. The molecule has 2 amide bonds. The molecule has 7 nitrogen and oxygen atoms in total. The van der Waals surface area contributed by atoms with Crippen LogP contribution in [0.3, 0.4) is 0 Å². The number of carbonyl (C=O) groups excluding carboxylic acids is 2. The van der Waals surface area contributed by atoms with Gasteiger partial charge in [-0.2, -0.15) is 5.10 Å². The van der Waals surface area contributed by atoms with Gasteiger partial charge in [0.2, 0.25) is 5.91 Å². The molecule has 1 aromatic carbocycles. The summed E-state index contributed by atoms with van der Waals surface area (Å²) >= 11 is 0. The third-order valence-corrected chi connectivity index (χ3v) is 4.48. The molecule has 0 saturated carbocycles. The first-order valence-electron chi connectivity index (χ1n) is 8.81. The van der Waals surface area contributed by atoms with E-state index in [-0.39, 0.29) is 24.5 Å². The molecule has 2 heterocycles. The number of rotatable bonds is 6. The highest BCUT2D eigenvalue weighted by Gasteiger charge is 2.42. The molecular weight excluding hydrogens is 332 g/mol. The van der Waals surface area contributed by atoms with E-state index in [1.54, 1.807) is 17.3 Å². The largest absolute Gasteiger partial charge is 0.356 e. The van der Waals surface area contributed by atoms with Gasteiger partial charge in [0.05, 0.1) is 12.2 Å². The minimum Gasteiger partial charge on any atom is -0.356 e. The van der Waals surface area contributed by atoms with Crippen molar-refractivity contribution in [2.24, 2.45) is 0 Å². The number of amides is 2. The van der Waals surface area contributed by atoms with Crippen molar-refractivity contribution in [3.05, 3.63) is 53.9 Å². The fourth-order valence-electron chi connectivity index (χ4n) is 3.29. The van der Waals surface area contributed by atoms with E-state index in [0.717, 1.165) is 11.1 Å². The maximum atomic E-state index is 12.8. The number of nitrogens with one attached hydrogen (secondary N) is 2. The van der Waals surface area contributed by atoms with Gasteiger partial charge in [-0.25, -0.2) is 0 Å². The predicted molar refractivity (Wildman–Crippen MR) is 96.2 cm³/mol. The zero-order valence-corrected chi connectivity index (χ0v) is 15.0. The summed E-state index contributed by atoms with van der Waals surface area (Å²) in [5.41, 5.74) is 1.91. The molecule has 7 heteroatoms. The molecule has 0 spiro atoms. The minimum atomic E-state index is -0.734. The zero-order chi connectivity index (χ0) is 18.5. The quantitative estimate of drug-likeness (QED) is 0.820. The highest BCUT2D eigenvalue weighted by atomic mass is 16.5. The number of nitrogens with zero attached hydrogens (tertiary/aromatic N) is 2. The molecule has 1 aliphatic rings. The van der Waals surface area contributed by atoms with Crippen LogP contribution in [0.5, 0.6) is 0 Å². The predicted octanol–water partition coefficient (Wildman–Crippen LogP) is 1.45. The lowest BCUT2D eigenvalue weighted by molar-refractivity contribution is -0.167. The van der Waals surface area contributed by atoms with Crippen molar-refractivity contribution in [2.45, 2.75) is 38.5 Å². The standard InChI is InChI=1S/C19H24N4O3/c1-13(2)23-16(24)12-26-18(17(23)15-6-4-3-5-7-15)19(25)20-9-8-14-10-21-22-11-14/h3-7,10-11,13,17-18H,8-9,12H2,1-2H3,(H,20,25)(H,21,22). The number of H-pyrrole nitrogens is 1. The molecule has 1 saturated heterocycles. The van der Waals surface area contributed by atoms with Crippen molar-refractivity contribution < 1.29 is 14.3 Å². The summed E-state index contributed by atoms with van der Waals surface area (Å²) < 4.78 is 5.67. The molecule has 1 fully saturated rings. The molecule has 2 N–H and O–H groups in total. The van der Waals surface area contributed by atoms with Crippen LogP contribution in [0.4, 0.5) is 0 Å². The lowest BCUT2D eigenvalue weighted by Gasteiger charge is -2.42. The Morgan fingerprint density at radius 1 is 1.38 bits per heavy atom. The molecule has 0 radical (unpaired) electrons. The van der Waals surface area contributed by atoms with E-state index < -0.39 is 12.1 Å².